The standard InChI is InChI=1S/C30H34O5.C9H16/c1-5-23(26-19-27(31)22(4)18-28(26)35-34-17-16-21(2)3)20-33-30(32)29(24-12-8-6-9-13-24)25-14-10-7-11-15-25;1-8(2)6-5-7-9(3)4/h5-15,18,26,28-29H,2,16-17,19-20H2,1,3-4H3;7H,1,5-6H2,2-4H3/b23-5-;/t26?,28-;/m1./s1. The van der Waals surface area contributed by atoms with Crippen molar-refractivity contribution in [2.24, 2.45) is 5.92 Å². The van der Waals surface area contributed by atoms with E-state index in [1.165, 1.54) is 11.1 Å². The molecule has 2 aromatic carbocycles. The van der Waals surface area contributed by atoms with E-state index >= 15 is 0 Å². The van der Waals surface area contributed by atoms with Crippen LogP contribution in [0.25, 0.3) is 0 Å². The maximum Gasteiger partial charge on any atom is 0.318 e. The summed E-state index contributed by atoms with van der Waals surface area (Å²) in [5, 5.41) is 0. The first kappa shape index (κ1) is 36.4. The van der Waals surface area contributed by atoms with Crippen LogP contribution in [0.1, 0.15) is 84.3 Å². The molecular formula is C39H50O5. The number of ether oxygens (including phenoxy) is 1. The number of hydrogen-bond donors (Lipinski definition) is 0. The summed E-state index contributed by atoms with van der Waals surface area (Å²) in [4.78, 5) is 36.9. The third-order valence-electron chi connectivity index (χ3n) is 7.30. The number of allylic oxidation sites excluding steroid dienone is 5. The van der Waals surface area contributed by atoms with E-state index in [0.29, 0.717) is 18.6 Å². The van der Waals surface area contributed by atoms with Crippen LogP contribution in [0.2, 0.25) is 0 Å². The Morgan fingerprint density at radius 3 is 2.00 bits per heavy atom. The Labute approximate surface area is 264 Å². The summed E-state index contributed by atoms with van der Waals surface area (Å²) >= 11 is 0. The van der Waals surface area contributed by atoms with Crippen molar-refractivity contribution < 1.29 is 24.1 Å². The lowest BCUT2D eigenvalue weighted by atomic mass is 9.82. The van der Waals surface area contributed by atoms with E-state index in [0.717, 1.165) is 35.1 Å². The predicted octanol–water partition coefficient (Wildman–Crippen LogP) is 9.44. The van der Waals surface area contributed by atoms with E-state index in [4.69, 9.17) is 14.5 Å². The molecule has 5 nitrogen and oxygen atoms in total. The maximum absolute atomic E-state index is 13.3. The molecule has 5 heteroatoms. The van der Waals surface area contributed by atoms with Gasteiger partial charge in [0.05, 0.1) is 6.61 Å². The summed E-state index contributed by atoms with van der Waals surface area (Å²) in [6, 6.07) is 19.2. The zero-order chi connectivity index (χ0) is 32.5. The molecule has 0 aliphatic heterocycles. The minimum atomic E-state index is -0.539. The Kier molecular flexibility index (Phi) is 16.1. The first-order chi connectivity index (χ1) is 21.0. The molecule has 0 aromatic heterocycles. The number of esters is 1. The highest BCUT2D eigenvalue weighted by Gasteiger charge is 2.33. The van der Waals surface area contributed by atoms with Crippen LogP contribution in [0.3, 0.4) is 0 Å². The van der Waals surface area contributed by atoms with Crippen molar-refractivity contribution in [1.82, 2.24) is 0 Å². The fourth-order valence-corrected chi connectivity index (χ4v) is 4.72. The van der Waals surface area contributed by atoms with E-state index in [1.807, 2.05) is 80.6 Å². The van der Waals surface area contributed by atoms with Crippen LogP contribution < -0.4 is 0 Å². The molecule has 0 amide bonds. The topological polar surface area (TPSA) is 61.8 Å². The molecule has 0 fully saturated rings. The van der Waals surface area contributed by atoms with Gasteiger partial charge in [0.2, 0.25) is 0 Å². The van der Waals surface area contributed by atoms with Crippen LogP contribution >= 0.6 is 0 Å². The quantitative estimate of drug-likeness (QED) is 0.0713. The van der Waals surface area contributed by atoms with Gasteiger partial charge in [-0.05, 0) is 89.2 Å². The molecule has 2 atom stereocenters. The minimum Gasteiger partial charge on any atom is -0.460 e. The number of hydrogen-bond acceptors (Lipinski definition) is 5. The van der Waals surface area contributed by atoms with Gasteiger partial charge in [0, 0.05) is 12.3 Å². The number of Topliss-reactive ketones (excluding diaryl/α,β-unsaturated/α-hetero) is 1. The van der Waals surface area contributed by atoms with Gasteiger partial charge in [-0.2, -0.15) is 0 Å². The largest absolute Gasteiger partial charge is 0.460 e. The SMILES string of the molecule is C=C(C)CCC=C(C)C.C=C(C)CCOO[C@@H]1C=C(C)C(=O)CC1/C(=C\C)COC(=O)C(c1ccccc1)c1ccccc1. The van der Waals surface area contributed by atoms with Crippen LogP contribution in [-0.4, -0.2) is 31.1 Å². The highest BCUT2D eigenvalue weighted by atomic mass is 17.2. The van der Waals surface area contributed by atoms with Gasteiger partial charge in [-0.15, -0.1) is 13.2 Å². The monoisotopic (exact) mass is 598 g/mol. The fourth-order valence-electron chi connectivity index (χ4n) is 4.72. The van der Waals surface area contributed by atoms with Crippen LogP contribution in [0.15, 0.2) is 120 Å². The second kappa shape index (κ2) is 19.5. The Bertz CT molecular complexity index is 1270. The lowest BCUT2D eigenvalue weighted by Gasteiger charge is -2.30. The molecule has 0 spiro atoms. The minimum absolute atomic E-state index is 0.0499. The van der Waals surface area contributed by atoms with Crippen molar-refractivity contribution in [3.05, 3.63) is 131 Å². The summed E-state index contributed by atoms with van der Waals surface area (Å²) in [6.45, 7) is 20.0. The molecule has 0 heterocycles. The van der Waals surface area contributed by atoms with Gasteiger partial charge in [0.1, 0.15) is 18.6 Å². The number of benzene rings is 2. The molecule has 0 saturated carbocycles. The Hall–Kier alpha value is -3.80. The van der Waals surface area contributed by atoms with Gasteiger partial charge < -0.3 is 4.74 Å². The van der Waals surface area contributed by atoms with Crippen LogP contribution in [0, 0.1) is 5.92 Å². The number of ketones is 1. The second-order valence-electron chi connectivity index (χ2n) is 11.7. The highest BCUT2D eigenvalue weighted by molar-refractivity contribution is 5.96. The summed E-state index contributed by atoms with van der Waals surface area (Å²) in [6.07, 6.45) is 8.73. The molecule has 1 aliphatic rings. The van der Waals surface area contributed by atoms with Gasteiger partial charge in [-0.1, -0.05) is 89.5 Å². The lowest BCUT2D eigenvalue weighted by Crippen LogP contribution is -2.33. The Morgan fingerprint density at radius 2 is 1.50 bits per heavy atom. The van der Waals surface area contributed by atoms with Gasteiger partial charge >= 0.3 is 5.97 Å². The molecular weight excluding hydrogens is 548 g/mol. The molecule has 3 rings (SSSR count). The number of carbonyl (C=O) groups is 2. The molecule has 44 heavy (non-hydrogen) atoms. The van der Waals surface area contributed by atoms with Crippen molar-refractivity contribution in [2.75, 3.05) is 13.2 Å². The first-order valence-electron chi connectivity index (χ1n) is 15.4. The summed E-state index contributed by atoms with van der Waals surface area (Å²) < 4.78 is 5.84. The average molecular weight is 599 g/mol. The van der Waals surface area contributed by atoms with E-state index in [1.54, 1.807) is 13.0 Å². The smallest absolute Gasteiger partial charge is 0.318 e. The molecule has 1 unspecified atom stereocenters. The van der Waals surface area contributed by atoms with Crippen molar-refractivity contribution in [3.8, 4) is 0 Å². The van der Waals surface area contributed by atoms with Crippen molar-refractivity contribution in [2.45, 2.75) is 79.2 Å². The highest BCUT2D eigenvalue weighted by Crippen LogP contribution is 2.31. The molecule has 236 valence electrons. The van der Waals surface area contributed by atoms with Crippen molar-refractivity contribution >= 4 is 11.8 Å². The third kappa shape index (κ3) is 12.8. The molecule has 2 aromatic rings. The zero-order valence-corrected chi connectivity index (χ0v) is 27.4. The second-order valence-corrected chi connectivity index (χ2v) is 11.7. The van der Waals surface area contributed by atoms with Gasteiger partial charge in [0.25, 0.3) is 0 Å². The first-order valence-corrected chi connectivity index (χ1v) is 15.4. The molecule has 0 N–H and O–H groups in total. The fraction of sp³-hybridized carbons (Fsp3) is 0.385. The average Bonchev–Trinajstić information content (AvgIpc) is 2.99. The maximum atomic E-state index is 13.3. The van der Waals surface area contributed by atoms with Crippen LogP contribution in [-0.2, 0) is 24.1 Å². The summed E-state index contributed by atoms with van der Waals surface area (Å²) in [5.41, 5.74) is 6.87. The normalized spacial score (nSPS) is 16.4. The third-order valence-corrected chi connectivity index (χ3v) is 7.30. The summed E-state index contributed by atoms with van der Waals surface area (Å²) in [7, 11) is 0. The van der Waals surface area contributed by atoms with Crippen molar-refractivity contribution in [1.29, 1.82) is 0 Å². The Morgan fingerprint density at radius 1 is 0.932 bits per heavy atom. The van der Waals surface area contributed by atoms with E-state index < -0.39 is 12.0 Å². The molecule has 0 radical (unpaired) electrons. The lowest BCUT2D eigenvalue weighted by molar-refractivity contribution is -0.320. The van der Waals surface area contributed by atoms with Gasteiger partial charge in [-0.3, -0.25) is 9.59 Å². The van der Waals surface area contributed by atoms with E-state index in [9.17, 15) is 9.59 Å². The zero-order valence-electron chi connectivity index (χ0n) is 27.4. The van der Waals surface area contributed by atoms with E-state index in [2.05, 4.69) is 40.0 Å². The number of carbonyl (C=O) groups excluding carboxylic acids is 2. The van der Waals surface area contributed by atoms with Crippen LogP contribution in [0.4, 0.5) is 0 Å². The van der Waals surface area contributed by atoms with Gasteiger partial charge in [0.15, 0.2) is 5.78 Å². The van der Waals surface area contributed by atoms with Gasteiger partial charge in [-0.25, -0.2) is 9.78 Å². The van der Waals surface area contributed by atoms with Crippen LogP contribution in [0.5, 0.6) is 0 Å². The molecule has 0 bridgehead atoms. The van der Waals surface area contributed by atoms with E-state index in [-0.39, 0.29) is 30.7 Å². The van der Waals surface area contributed by atoms with Crippen molar-refractivity contribution in [3.63, 3.8) is 0 Å². The number of rotatable bonds is 14. The molecule has 1 aliphatic carbocycles. The Balaban J connectivity index is 0.000000651. The molecule has 0 saturated heterocycles. The predicted molar refractivity (Wildman–Crippen MR) is 180 cm³/mol. The summed E-state index contributed by atoms with van der Waals surface area (Å²) in [5.74, 6) is -1.11.